The van der Waals surface area contributed by atoms with Gasteiger partial charge in [-0.2, -0.15) is 0 Å². The van der Waals surface area contributed by atoms with Crippen molar-refractivity contribution in [3.8, 4) is 0 Å². The van der Waals surface area contributed by atoms with Crippen molar-refractivity contribution < 1.29 is 14.6 Å². The quantitative estimate of drug-likeness (QED) is 0.376. The number of carbonyl (C=O) groups excluding carboxylic acids is 1. The first kappa shape index (κ1) is 27.9. The number of thiophene rings is 1. The molecule has 7 nitrogen and oxygen atoms in total. The molecule has 9 heteroatoms. The lowest BCUT2D eigenvalue weighted by Crippen LogP contribution is -2.29. The maximum Gasteiger partial charge on any atom is 0.257 e. The van der Waals surface area contributed by atoms with Crippen LogP contribution in [-0.2, 0) is 24.9 Å². The number of allylic oxidation sites excluding steroid dienone is 2. The van der Waals surface area contributed by atoms with Crippen LogP contribution < -0.4 is 16.1 Å². The average molecular weight is 554 g/mol. The molecule has 0 bridgehead atoms. The number of hydrogen-bond donors (Lipinski definition) is 3. The first-order valence-electron chi connectivity index (χ1n) is 12.7. The molecule has 3 atom stereocenters. The van der Waals surface area contributed by atoms with Gasteiger partial charge in [0.05, 0.1) is 5.39 Å². The minimum absolute atomic E-state index is 0.0460. The van der Waals surface area contributed by atoms with Gasteiger partial charge in [-0.05, 0) is 35.9 Å². The Kier molecular flexibility index (Phi) is 9.22. The van der Waals surface area contributed by atoms with E-state index in [1.165, 1.54) is 11.3 Å². The predicted molar refractivity (Wildman–Crippen MR) is 153 cm³/mol. The Balaban J connectivity index is 0.00000164. The van der Waals surface area contributed by atoms with E-state index in [9.17, 15) is 14.7 Å². The zero-order valence-corrected chi connectivity index (χ0v) is 23.2. The molecule has 0 radical (unpaired) electrons. The van der Waals surface area contributed by atoms with Crippen LogP contribution in [-0.4, -0.2) is 34.3 Å². The van der Waals surface area contributed by atoms with Gasteiger partial charge in [0.2, 0.25) is 5.43 Å². The Labute approximate surface area is 231 Å². The summed E-state index contributed by atoms with van der Waals surface area (Å²) in [5.74, 6) is 0.319. The molecule has 1 aromatic carbocycles. The largest absolute Gasteiger partial charge is 0.487 e. The summed E-state index contributed by atoms with van der Waals surface area (Å²) in [5.41, 5.74) is 0.691. The van der Waals surface area contributed by atoms with E-state index in [1.54, 1.807) is 22.9 Å². The number of aliphatic hydroxyl groups is 1. The number of carbonyl (C=O) groups is 1. The average Bonchev–Trinajstić information content (AvgIpc) is 3.57. The predicted octanol–water partition coefficient (Wildman–Crippen LogP) is 4.69. The van der Waals surface area contributed by atoms with E-state index >= 15 is 0 Å². The normalized spacial score (nSPS) is 18.3. The summed E-state index contributed by atoms with van der Waals surface area (Å²) >= 11 is 7.39. The van der Waals surface area contributed by atoms with Crippen LogP contribution in [0.2, 0.25) is 5.02 Å². The molecule has 3 heterocycles. The molecule has 2 aliphatic rings. The van der Waals surface area contributed by atoms with E-state index in [1.807, 2.05) is 63.4 Å². The number of pyridine rings is 1. The van der Waals surface area contributed by atoms with E-state index in [0.29, 0.717) is 35.8 Å². The number of benzene rings is 1. The Bertz CT molecular complexity index is 1440. The number of hydrogen-bond acceptors (Lipinski definition) is 6. The van der Waals surface area contributed by atoms with E-state index in [0.717, 1.165) is 15.3 Å². The molecule has 0 saturated heterocycles. The van der Waals surface area contributed by atoms with Gasteiger partial charge in [0, 0.05) is 48.7 Å². The Hall–Kier alpha value is -3.17. The number of amides is 1. The van der Waals surface area contributed by atoms with Crippen LogP contribution in [0.25, 0.3) is 10.2 Å². The zero-order valence-electron chi connectivity index (χ0n) is 21.6. The number of aliphatic hydroxyl groups excluding tert-OH is 1. The first-order valence-corrected chi connectivity index (χ1v) is 13.9. The summed E-state index contributed by atoms with van der Waals surface area (Å²) < 4.78 is 7.65. The first-order chi connectivity index (χ1) is 18.4. The summed E-state index contributed by atoms with van der Waals surface area (Å²) in [4.78, 5) is 27.6. The number of nitrogens with one attached hydrogen (secondary N) is 2. The second kappa shape index (κ2) is 12.6. The maximum absolute atomic E-state index is 13.1. The number of aryl methyl sites for hydroxylation is 1. The minimum atomic E-state index is -0.756. The van der Waals surface area contributed by atoms with Gasteiger partial charge < -0.3 is 25.0 Å². The number of fused-ring (bicyclic) bond motifs is 2. The second-order valence-electron chi connectivity index (χ2n) is 8.87. The van der Waals surface area contributed by atoms with Crippen molar-refractivity contribution in [2.75, 3.05) is 6.54 Å². The molecule has 1 aliphatic heterocycles. The standard InChI is InChI=1S/C27H26ClN3O4S.C2H6/c1-31-15-21(26(34)30-12-16-6-8-18(28)9-7-16)25(33)20-11-19(36-27(20)31)13-29-14-22(32)24-10-17-4-2-3-5-23(17)35-24;1-2/h2-11,15,17,22-23,29,32H,12-14H2,1H3,(H,30,34);1-2H3. The highest BCUT2D eigenvalue weighted by Gasteiger charge is 2.29. The molecule has 5 rings (SSSR count). The van der Waals surface area contributed by atoms with Crippen molar-refractivity contribution in [3.05, 3.63) is 104 Å². The van der Waals surface area contributed by atoms with E-state index in [4.69, 9.17) is 16.3 Å². The molecule has 1 aliphatic carbocycles. The van der Waals surface area contributed by atoms with Crippen LogP contribution >= 0.6 is 22.9 Å². The van der Waals surface area contributed by atoms with Gasteiger partial charge in [-0.1, -0.05) is 55.8 Å². The van der Waals surface area contributed by atoms with Crippen molar-refractivity contribution >= 4 is 39.1 Å². The summed E-state index contributed by atoms with van der Waals surface area (Å²) in [6, 6.07) is 8.98. The zero-order chi connectivity index (χ0) is 27.2. The van der Waals surface area contributed by atoms with Gasteiger partial charge in [-0.15, -0.1) is 11.3 Å². The summed E-state index contributed by atoms with van der Waals surface area (Å²) in [6.45, 7) is 5.10. The highest BCUT2D eigenvalue weighted by atomic mass is 35.5. The fourth-order valence-corrected chi connectivity index (χ4v) is 5.50. The maximum atomic E-state index is 13.1. The topological polar surface area (TPSA) is 92.6 Å². The fraction of sp³-hybridized carbons (Fsp3) is 0.310. The van der Waals surface area contributed by atoms with Gasteiger partial charge >= 0.3 is 0 Å². The third-order valence-corrected chi connectivity index (χ3v) is 7.70. The lowest BCUT2D eigenvalue weighted by molar-refractivity contribution is 0.0853. The van der Waals surface area contributed by atoms with Crippen molar-refractivity contribution in [1.82, 2.24) is 15.2 Å². The number of aromatic nitrogens is 1. The van der Waals surface area contributed by atoms with Crippen molar-refractivity contribution in [2.24, 2.45) is 13.0 Å². The van der Waals surface area contributed by atoms with Crippen LogP contribution in [0, 0.1) is 5.92 Å². The van der Waals surface area contributed by atoms with Crippen LogP contribution in [0.4, 0.5) is 0 Å². The third-order valence-electron chi connectivity index (χ3n) is 6.23. The fourth-order valence-electron chi connectivity index (χ4n) is 4.32. The third kappa shape index (κ3) is 6.27. The number of halogens is 1. The van der Waals surface area contributed by atoms with Crippen molar-refractivity contribution in [2.45, 2.75) is 39.1 Å². The Morgan fingerprint density at radius 1 is 1.18 bits per heavy atom. The van der Waals surface area contributed by atoms with Crippen molar-refractivity contribution in [3.63, 3.8) is 0 Å². The van der Waals surface area contributed by atoms with Gasteiger partial charge in [0.1, 0.15) is 28.4 Å². The van der Waals surface area contributed by atoms with Gasteiger partial charge in [-0.25, -0.2) is 0 Å². The second-order valence-corrected chi connectivity index (χ2v) is 10.4. The number of ether oxygens (including phenoxy) is 1. The molecule has 38 heavy (non-hydrogen) atoms. The van der Waals surface area contributed by atoms with Gasteiger partial charge in [-0.3, -0.25) is 9.59 Å². The monoisotopic (exact) mass is 553 g/mol. The van der Waals surface area contributed by atoms with Crippen LogP contribution in [0.5, 0.6) is 0 Å². The van der Waals surface area contributed by atoms with Gasteiger partial charge in [0.25, 0.3) is 5.91 Å². The van der Waals surface area contributed by atoms with E-state index in [2.05, 4.69) is 16.7 Å². The smallest absolute Gasteiger partial charge is 0.257 e. The summed E-state index contributed by atoms with van der Waals surface area (Å²) in [7, 11) is 1.82. The SMILES string of the molecule is CC.Cn1cc(C(=O)NCc2ccc(Cl)cc2)c(=O)c2cc(CNCC(O)C3=CC4C=CC=CC4O3)sc21. The number of nitrogens with zero attached hydrogens (tertiary/aromatic N) is 1. The Morgan fingerprint density at radius 3 is 2.66 bits per heavy atom. The van der Waals surface area contributed by atoms with Gasteiger partial charge in [0.15, 0.2) is 0 Å². The molecular formula is C29H32ClN3O4S. The lowest BCUT2D eigenvalue weighted by Gasteiger charge is -2.17. The molecule has 2 aromatic heterocycles. The molecular weight excluding hydrogens is 522 g/mol. The van der Waals surface area contributed by atoms with Crippen LogP contribution in [0.1, 0.15) is 34.6 Å². The van der Waals surface area contributed by atoms with E-state index < -0.39 is 12.0 Å². The van der Waals surface area contributed by atoms with Crippen LogP contribution in [0.15, 0.2) is 77.5 Å². The highest BCUT2D eigenvalue weighted by molar-refractivity contribution is 7.18. The molecule has 3 N–H and O–H groups in total. The van der Waals surface area contributed by atoms with E-state index in [-0.39, 0.29) is 23.0 Å². The summed E-state index contributed by atoms with van der Waals surface area (Å²) in [5, 5.41) is 17.7. The molecule has 3 unspecified atom stereocenters. The summed E-state index contributed by atoms with van der Waals surface area (Å²) in [6.07, 6.45) is 10.7. The lowest BCUT2D eigenvalue weighted by atomic mass is 9.99. The molecule has 3 aromatic rings. The minimum Gasteiger partial charge on any atom is -0.487 e. The highest BCUT2D eigenvalue weighted by Crippen LogP contribution is 2.29. The van der Waals surface area contributed by atoms with Crippen molar-refractivity contribution in [1.29, 1.82) is 0 Å². The number of rotatable bonds is 8. The van der Waals surface area contributed by atoms with Crippen LogP contribution in [0.3, 0.4) is 0 Å². The molecule has 0 fully saturated rings. The molecule has 0 saturated carbocycles. The molecule has 200 valence electrons. The molecule has 0 spiro atoms. The molecule has 1 amide bonds. The Morgan fingerprint density at radius 2 is 1.92 bits per heavy atom.